The fraction of sp³-hybridized carbons (Fsp3) is 0.611. The van der Waals surface area contributed by atoms with Gasteiger partial charge in [-0.25, -0.2) is 0 Å². The second-order valence-electron chi connectivity index (χ2n) is 6.79. The minimum Gasteiger partial charge on any atom is -0.343 e. The standard InChI is InChI=1S/C18H26N4O2/c1-3-21-11-7-18(17(24)20-15-5-4-9-19-13-15)8-12-22(14(2)23)10-6-16(18)21/h4-5,9,13,16H,3,6-8,10-12H2,1-2H3,(H,20,24)/t16-,18-/m0/s1. The molecule has 3 heterocycles. The maximum atomic E-state index is 13.2. The van der Waals surface area contributed by atoms with Gasteiger partial charge in [-0.1, -0.05) is 6.92 Å². The van der Waals surface area contributed by atoms with Crippen LogP contribution in [0, 0.1) is 5.41 Å². The van der Waals surface area contributed by atoms with E-state index in [9.17, 15) is 9.59 Å². The van der Waals surface area contributed by atoms with Crippen molar-refractivity contribution in [3.63, 3.8) is 0 Å². The molecule has 0 saturated carbocycles. The van der Waals surface area contributed by atoms with Gasteiger partial charge in [-0.15, -0.1) is 0 Å². The Kier molecular flexibility index (Phi) is 4.85. The van der Waals surface area contributed by atoms with Crippen LogP contribution in [0.3, 0.4) is 0 Å². The molecule has 1 aromatic rings. The van der Waals surface area contributed by atoms with E-state index in [4.69, 9.17) is 0 Å². The van der Waals surface area contributed by atoms with Gasteiger partial charge in [0.2, 0.25) is 11.8 Å². The first-order chi connectivity index (χ1) is 11.6. The molecule has 2 saturated heterocycles. The van der Waals surface area contributed by atoms with Gasteiger partial charge in [0.1, 0.15) is 0 Å². The van der Waals surface area contributed by atoms with E-state index in [2.05, 4.69) is 22.1 Å². The van der Waals surface area contributed by atoms with Crippen molar-refractivity contribution in [3.8, 4) is 0 Å². The highest BCUT2D eigenvalue weighted by Crippen LogP contribution is 2.44. The lowest BCUT2D eigenvalue weighted by Crippen LogP contribution is -2.47. The summed E-state index contributed by atoms with van der Waals surface area (Å²) in [5.74, 6) is 0.169. The third-order valence-electron chi connectivity index (χ3n) is 5.65. The number of likely N-dealkylation sites (tertiary alicyclic amines) is 2. The summed E-state index contributed by atoms with van der Waals surface area (Å²) in [6.45, 7) is 7.03. The van der Waals surface area contributed by atoms with Gasteiger partial charge in [-0.05, 0) is 44.5 Å². The van der Waals surface area contributed by atoms with Gasteiger partial charge in [0.15, 0.2) is 0 Å². The monoisotopic (exact) mass is 330 g/mol. The van der Waals surface area contributed by atoms with E-state index in [1.54, 1.807) is 19.3 Å². The van der Waals surface area contributed by atoms with Gasteiger partial charge >= 0.3 is 0 Å². The van der Waals surface area contributed by atoms with Gasteiger partial charge in [0, 0.05) is 32.3 Å². The molecule has 0 aliphatic carbocycles. The maximum absolute atomic E-state index is 13.2. The number of hydrogen-bond donors (Lipinski definition) is 1. The Morgan fingerprint density at radius 3 is 2.79 bits per heavy atom. The molecule has 0 unspecified atom stereocenters. The zero-order valence-corrected chi connectivity index (χ0v) is 14.5. The second kappa shape index (κ2) is 6.89. The number of carbonyl (C=O) groups is 2. The minimum atomic E-state index is -0.421. The Balaban J connectivity index is 1.85. The van der Waals surface area contributed by atoms with Crippen LogP contribution in [0.5, 0.6) is 0 Å². The Bertz CT molecular complexity index is 606. The maximum Gasteiger partial charge on any atom is 0.232 e. The van der Waals surface area contributed by atoms with E-state index in [1.807, 2.05) is 17.0 Å². The van der Waals surface area contributed by atoms with Gasteiger partial charge in [0.05, 0.1) is 17.3 Å². The van der Waals surface area contributed by atoms with Crippen LogP contribution < -0.4 is 5.32 Å². The molecular weight excluding hydrogens is 304 g/mol. The second-order valence-corrected chi connectivity index (χ2v) is 6.79. The summed E-state index contributed by atoms with van der Waals surface area (Å²) in [6.07, 6.45) is 5.80. The van der Waals surface area contributed by atoms with E-state index in [0.717, 1.165) is 44.6 Å². The van der Waals surface area contributed by atoms with Crippen LogP contribution in [-0.2, 0) is 9.59 Å². The van der Waals surface area contributed by atoms with E-state index < -0.39 is 5.41 Å². The summed E-state index contributed by atoms with van der Waals surface area (Å²) in [5.41, 5.74) is 0.314. The number of nitrogens with zero attached hydrogens (tertiary/aromatic N) is 3. The molecule has 2 aliphatic rings. The van der Waals surface area contributed by atoms with Gasteiger partial charge in [-0.2, -0.15) is 0 Å². The number of rotatable bonds is 3. The lowest BCUT2D eigenvalue weighted by Gasteiger charge is -2.35. The molecule has 2 fully saturated rings. The van der Waals surface area contributed by atoms with Gasteiger partial charge in [-0.3, -0.25) is 19.5 Å². The van der Waals surface area contributed by atoms with Crippen LogP contribution in [0.4, 0.5) is 5.69 Å². The highest BCUT2D eigenvalue weighted by Gasteiger charge is 2.53. The SMILES string of the molecule is CCN1CC[C@]2(C(=O)Nc3cccnc3)CCN(C(C)=O)CC[C@H]12. The van der Waals surface area contributed by atoms with Crippen molar-refractivity contribution in [1.82, 2.24) is 14.8 Å². The molecule has 24 heavy (non-hydrogen) atoms. The smallest absolute Gasteiger partial charge is 0.232 e. The first-order valence-electron chi connectivity index (χ1n) is 8.78. The molecule has 1 aromatic heterocycles. The van der Waals surface area contributed by atoms with Crippen molar-refractivity contribution in [2.75, 3.05) is 31.5 Å². The lowest BCUT2D eigenvalue weighted by atomic mass is 9.75. The molecule has 6 nitrogen and oxygen atoms in total. The van der Waals surface area contributed by atoms with Crippen LogP contribution in [0.1, 0.15) is 33.1 Å². The van der Waals surface area contributed by atoms with Crippen molar-refractivity contribution in [2.24, 2.45) is 5.41 Å². The highest BCUT2D eigenvalue weighted by molar-refractivity contribution is 5.96. The highest BCUT2D eigenvalue weighted by atomic mass is 16.2. The van der Waals surface area contributed by atoms with Gasteiger partial charge < -0.3 is 10.2 Å². The molecular formula is C18H26N4O2. The molecule has 0 radical (unpaired) electrons. The number of carbonyl (C=O) groups excluding carboxylic acids is 2. The number of pyridine rings is 1. The third-order valence-corrected chi connectivity index (χ3v) is 5.65. The number of anilines is 1. The predicted molar refractivity (Wildman–Crippen MR) is 92.4 cm³/mol. The molecule has 0 aromatic carbocycles. The van der Waals surface area contributed by atoms with Crippen molar-refractivity contribution in [3.05, 3.63) is 24.5 Å². The average molecular weight is 330 g/mol. The average Bonchev–Trinajstić information content (AvgIpc) is 2.82. The quantitative estimate of drug-likeness (QED) is 0.917. The molecule has 2 aliphatic heterocycles. The van der Waals surface area contributed by atoms with E-state index in [1.165, 1.54) is 0 Å². The largest absolute Gasteiger partial charge is 0.343 e. The fourth-order valence-electron chi connectivity index (χ4n) is 4.25. The first-order valence-corrected chi connectivity index (χ1v) is 8.78. The Labute approximate surface area is 143 Å². The van der Waals surface area contributed by atoms with Crippen LogP contribution in [0.15, 0.2) is 24.5 Å². The van der Waals surface area contributed by atoms with Crippen molar-refractivity contribution < 1.29 is 9.59 Å². The normalized spacial score (nSPS) is 27.4. The van der Waals surface area contributed by atoms with Crippen LogP contribution in [0.2, 0.25) is 0 Å². The first kappa shape index (κ1) is 16.9. The minimum absolute atomic E-state index is 0.0712. The summed E-state index contributed by atoms with van der Waals surface area (Å²) >= 11 is 0. The summed E-state index contributed by atoms with van der Waals surface area (Å²) < 4.78 is 0. The van der Waals surface area contributed by atoms with Crippen molar-refractivity contribution in [1.29, 1.82) is 0 Å². The summed E-state index contributed by atoms with van der Waals surface area (Å²) in [6, 6.07) is 3.88. The lowest BCUT2D eigenvalue weighted by molar-refractivity contribution is -0.130. The molecule has 0 spiro atoms. The summed E-state index contributed by atoms with van der Waals surface area (Å²) in [5, 5.41) is 3.06. The number of amides is 2. The fourth-order valence-corrected chi connectivity index (χ4v) is 4.25. The molecule has 0 bridgehead atoms. The van der Waals surface area contributed by atoms with Gasteiger partial charge in [0.25, 0.3) is 0 Å². The molecule has 130 valence electrons. The summed E-state index contributed by atoms with van der Waals surface area (Å²) in [4.78, 5) is 33.3. The zero-order chi connectivity index (χ0) is 17.2. The number of nitrogens with one attached hydrogen (secondary N) is 1. The molecule has 2 amide bonds. The topological polar surface area (TPSA) is 65.5 Å². The zero-order valence-electron chi connectivity index (χ0n) is 14.5. The van der Waals surface area contributed by atoms with Crippen molar-refractivity contribution >= 4 is 17.5 Å². The molecule has 3 rings (SSSR count). The van der Waals surface area contributed by atoms with E-state index >= 15 is 0 Å². The number of hydrogen-bond acceptors (Lipinski definition) is 4. The number of aromatic nitrogens is 1. The van der Waals surface area contributed by atoms with Crippen LogP contribution >= 0.6 is 0 Å². The van der Waals surface area contributed by atoms with E-state index in [-0.39, 0.29) is 17.9 Å². The Morgan fingerprint density at radius 2 is 2.12 bits per heavy atom. The van der Waals surface area contributed by atoms with E-state index in [0.29, 0.717) is 6.54 Å². The Hall–Kier alpha value is -1.95. The molecule has 6 heteroatoms. The predicted octanol–water partition coefficient (Wildman–Crippen LogP) is 1.74. The van der Waals surface area contributed by atoms with Crippen LogP contribution in [-0.4, -0.2) is 58.8 Å². The molecule has 1 N–H and O–H groups in total. The molecule has 2 atom stereocenters. The summed E-state index contributed by atoms with van der Waals surface area (Å²) in [7, 11) is 0. The third kappa shape index (κ3) is 3.02. The van der Waals surface area contributed by atoms with Crippen LogP contribution in [0.25, 0.3) is 0 Å². The number of fused-ring (bicyclic) bond motifs is 1. The van der Waals surface area contributed by atoms with Crippen molar-refractivity contribution in [2.45, 2.75) is 39.2 Å². The Morgan fingerprint density at radius 1 is 1.33 bits per heavy atom.